The molecule has 4 aromatic rings. The molecule has 0 unspecified atom stereocenters. The highest BCUT2D eigenvalue weighted by Crippen LogP contribution is 2.33. The van der Waals surface area contributed by atoms with Crippen molar-refractivity contribution >= 4 is 17.0 Å². The fourth-order valence-corrected chi connectivity index (χ4v) is 2.84. The molecule has 0 fully saturated rings. The van der Waals surface area contributed by atoms with Crippen LogP contribution in [0.3, 0.4) is 0 Å². The van der Waals surface area contributed by atoms with E-state index in [4.69, 9.17) is 15.2 Å². The number of hydrogen-bond donors (Lipinski definition) is 2. The molecule has 4 rings (SSSR count). The summed E-state index contributed by atoms with van der Waals surface area (Å²) in [5, 5.41) is 10.1. The Morgan fingerprint density at radius 1 is 1.03 bits per heavy atom. The lowest BCUT2D eigenvalue weighted by atomic mass is 10.0. The molecule has 0 atom stereocenters. The van der Waals surface area contributed by atoms with E-state index in [-0.39, 0.29) is 29.4 Å². The van der Waals surface area contributed by atoms with Gasteiger partial charge < -0.3 is 19.9 Å². The number of H-pyrrole nitrogens is 1. The maximum atomic E-state index is 13.0. The summed E-state index contributed by atoms with van der Waals surface area (Å²) < 4.78 is 53.9. The van der Waals surface area contributed by atoms with Gasteiger partial charge in [0.25, 0.3) is 0 Å². The van der Waals surface area contributed by atoms with Crippen LogP contribution >= 0.6 is 0 Å². The Balaban J connectivity index is 1.64. The Hall–Kier alpha value is -4.09. The number of halogens is 3. The van der Waals surface area contributed by atoms with Crippen molar-refractivity contribution in [2.45, 2.75) is 13.0 Å². The second kappa shape index (κ2) is 7.97. The molecule has 31 heavy (non-hydrogen) atoms. The Bertz CT molecular complexity index is 1210. The fourth-order valence-electron chi connectivity index (χ4n) is 2.84. The molecule has 160 valence electrons. The number of benzene rings is 1. The number of nitrogens with two attached hydrogens (primary N) is 1. The number of nitrogen functional groups attached to an aromatic ring is 1. The summed E-state index contributed by atoms with van der Waals surface area (Å²) in [6, 6.07) is 9.07. The van der Waals surface area contributed by atoms with Crippen molar-refractivity contribution in [3.05, 3.63) is 48.2 Å². The van der Waals surface area contributed by atoms with E-state index in [0.717, 1.165) is 0 Å². The Kier molecular flexibility index (Phi) is 5.19. The first-order valence-corrected chi connectivity index (χ1v) is 8.81. The zero-order chi connectivity index (χ0) is 22.0. The molecular weight excluding hydrogens is 417 g/mol. The minimum absolute atomic E-state index is 0.130. The molecule has 0 saturated carbocycles. The van der Waals surface area contributed by atoms with Crippen LogP contribution in [-0.2, 0) is 6.61 Å². The topological polar surface area (TPSA) is 121 Å². The summed E-state index contributed by atoms with van der Waals surface area (Å²) in [5.41, 5.74) is 7.46. The van der Waals surface area contributed by atoms with Crippen molar-refractivity contribution in [3.8, 4) is 28.5 Å². The number of aromatic nitrogens is 5. The summed E-state index contributed by atoms with van der Waals surface area (Å²) in [5.74, 6) is 0.332. The van der Waals surface area contributed by atoms with Gasteiger partial charge >= 0.3 is 6.36 Å². The number of rotatable bonds is 6. The molecule has 0 aliphatic heterocycles. The predicted octanol–water partition coefficient (Wildman–Crippen LogP) is 3.48. The highest BCUT2D eigenvalue weighted by Gasteiger charge is 2.32. The van der Waals surface area contributed by atoms with E-state index in [1.54, 1.807) is 18.2 Å². The number of hydrogen-bond acceptors (Lipinski definition) is 8. The SMILES string of the molecule is COc1ccc(-c2ccc(COc3cc(N)nc4n[nH]nc34)c(OC(F)(F)F)c2)cn1. The van der Waals surface area contributed by atoms with Gasteiger partial charge in [-0.05, 0) is 17.7 Å². The maximum Gasteiger partial charge on any atom is 0.573 e. The van der Waals surface area contributed by atoms with Crippen molar-refractivity contribution in [3.63, 3.8) is 0 Å². The molecule has 0 amide bonds. The van der Waals surface area contributed by atoms with Crippen LogP contribution in [-0.4, -0.2) is 38.9 Å². The van der Waals surface area contributed by atoms with Crippen LogP contribution < -0.4 is 19.9 Å². The Labute approximate surface area is 173 Å². The number of methoxy groups -OCH3 is 1. The van der Waals surface area contributed by atoms with Crippen LogP contribution in [0.25, 0.3) is 22.3 Å². The Morgan fingerprint density at radius 3 is 2.55 bits per heavy atom. The molecule has 3 heterocycles. The number of nitrogens with one attached hydrogen (secondary N) is 1. The number of pyridine rings is 2. The molecule has 3 N–H and O–H groups in total. The number of nitrogens with zero attached hydrogens (tertiary/aromatic N) is 4. The third-order valence-electron chi connectivity index (χ3n) is 4.23. The zero-order valence-corrected chi connectivity index (χ0v) is 16.0. The van der Waals surface area contributed by atoms with Crippen LogP contribution in [0.15, 0.2) is 42.6 Å². The first-order chi connectivity index (χ1) is 14.8. The molecule has 0 bridgehead atoms. The summed E-state index contributed by atoms with van der Waals surface area (Å²) in [7, 11) is 1.47. The van der Waals surface area contributed by atoms with E-state index in [1.807, 2.05) is 0 Å². The summed E-state index contributed by atoms with van der Waals surface area (Å²) in [6.07, 6.45) is -3.39. The van der Waals surface area contributed by atoms with Crippen molar-refractivity contribution in [1.82, 2.24) is 25.4 Å². The molecule has 0 aliphatic carbocycles. The number of fused-ring (bicyclic) bond motifs is 1. The molecular formula is C19H15F3N6O3. The zero-order valence-electron chi connectivity index (χ0n) is 16.0. The van der Waals surface area contributed by atoms with E-state index in [2.05, 4.69) is 30.1 Å². The molecule has 0 aliphatic rings. The van der Waals surface area contributed by atoms with Gasteiger partial charge in [-0.1, -0.05) is 12.1 Å². The average molecular weight is 432 g/mol. The van der Waals surface area contributed by atoms with Crippen LogP contribution in [0.1, 0.15) is 5.56 Å². The van der Waals surface area contributed by atoms with Gasteiger partial charge in [-0.3, -0.25) is 0 Å². The van der Waals surface area contributed by atoms with Crippen LogP contribution in [0.5, 0.6) is 17.4 Å². The van der Waals surface area contributed by atoms with E-state index >= 15 is 0 Å². The van der Waals surface area contributed by atoms with Crippen LogP contribution in [0.4, 0.5) is 19.0 Å². The molecule has 3 aromatic heterocycles. The van der Waals surface area contributed by atoms with Gasteiger partial charge in [0.2, 0.25) is 11.5 Å². The summed E-state index contributed by atoms with van der Waals surface area (Å²) in [4.78, 5) is 8.04. The van der Waals surface area contributed by atoms with Crippen molar-refractivity contribution in [1.29, 1.82) is 0 Å². The van der Waals surface area contributed by atoms with Gasteiger partial charge in [0.15, 0.2) is 11.3 Å². The minimum atomic E-state index is -4.88. The maximum absolute atomic E-state index is 13.0. The lowest BCUT2D eigenvalue weighted by Crippen LogP contribution is -2.18. The molecule has 12 heteroatoms. The van der Waals surface area contributed by atoms with Crippen molar-refractivity contribution in [2.75, 3.05) is 12.8 Å². The number of anilines is 1. The third kappa shape index (κ3) is 4.57. The van der Waals surface area contributed by atoms with Gasteiger partial charge in [0.05, 0.1) is 7.11 Å². The standard InChI is InChI=1S/C19H15F3N6O3/c1-29-16-5-4-11(8-24-16)10-2-3-12(13(6-10)31-19(20,21)22)9-30-14-7-15(23)25-18-17(14)26-28-27-18/h2-8H,9H2,1H3,(H3,23,25,26,27,28). The van der Waals surface area contributed by atoms with Gasteiger partial charge in [-0.15, -0.1) is 18.3 Å². The molecule has 1 aromatic carbocycles. The van der Waals surface area contributed by atoms with Gasteiger partial charge in [-0.2, -0.15) is 10.3 Å². The fraction of sp³-hybridized carbons (Fsp3) is 0.158. The van der Waals surface area contributed by atoms with Crippen molar-refractivity contribution in [2.24, 2.45) is 0 Å². The Morgan fingerprint density at radius 2 is 1.84 bits per heavy atom. The third-order valence-corrected chi connectivity index (χ3v) is 4.23. The smallest absolute Gasteiger partial charge is 0.486 e. The first-order valence-electron chi connectivity index (χ1n) is 8.81. The number of ether oxygens (including phenoxy) is 3. The summed E-state index contributed by atoms with van der Waals surface area (Å²) >= 11 is 0. The quantitative estimate of drug-likeness (QED) is 0.475. The largest absolute Gasteiger partial charge is 0.573 e. The van der Waals surface area contributed by atoms with E-state index in [1.165, 1.54) is 31.5 Å². The van der Waals surface area contributed by atoms with Gasteiger partial charge in [0, 0.05) is 29.5 Å². The first kappa shape index (κ1) is 20.2. The molecule has 0 spiro atoms. The van der Waals surface area contributed by atoms with E-state index in [9.17, 15) is 13.2 Å². The summed E-state index contributed by atoms with van der Waals surface area (Å²) in [6.45, 7) is -0.238. The second-order valence-electron chi connectivity index (χ2n) is 6.29. The minimum Gasteiger partial charge on any atom is -0.486 e. The molecule has 0 radical (unpaired) electrons. The normalized spacial score (nSPS) is 11.5. The average Bonchev–Trinajstić information content (AvgIpc) is 3.20. The highest BCUT2D eigenvalue weighted by molar-refractivity contribution is 5.79. The van der Waals surface area contributed by atoms with E-state index in [0.29, 0.717) is 22.5 Å². The lowest BCUT2D eigenvalue weighted by molar-refractivity contribution is -0.275. The molecule has 9 nitrogen and oxygen atoms in total. The number of aromatic amines is 1. The van der Waals surface area contributed by atoms with Crippen LogP contribution in [0, 0.1) is 0 Å². The second-order valence-corrected chi connectivity index (χ2v) is 6.29. The monoisotopic (exact) mass is 432 g/mol. The number of alkyl halides is 3. The van der Waals surface area contributed by atoms with Crippen LogP contribution in [0.2, 0.25) is 0 Å². The van der Waals surface area contributed by atoms with Crippen molar-refractivity contribution < 1.29 is 27.4 Å². The highest BCUT2D eigenvalue weighted by atomic mass is 19.4. The van der Waals surface area contributed by atoms with Gasteiger partial charge in [0.1, 0.15) is 18.2 Å². The van der Waals surface area contributed by atoms with Gasteiger partial charge in [-0.25, -0.2) is 9.97 Å². The van der Waals surface area contributed by atoms with E-state index < -0.39 is 12.1 Å². The lowest BCUT2D eigenvalue weighted by Gasteiger charge is -2.15. The molecule has 0 saturated heterocycles. The predicted molar refractivity (Wildman–Crippen MR) is 103 cm³/mol.